The number of amides is 2. The van der Waals surface area contributed by atoms with Crippen LogP contribution in [0.15, 0.2) is 42.6 Å². The van der Waals surface area contributed by atoms with Gasteiger partial charge in [0.1, 0.15) is 11.6 Å². The van der Waals surface area contributed by atoms with Crippen LogP contribution in [0, 0.1) is 0 Å². The van der Waals surface area contributed by atoms with Crippen LogP contribution >= 0.6 is 0 Å². The Kier molecular flexibility index (Phi) is 7.07. The van der Waals surface area contributed by atoms with Gasteiger partial charge >= 0.3 is 6.03 Å². The molecule has 2 rings (SSSR count). The molecule has 0 unspecified atom stereocenters. The predicted molar refractivity (Wildman–Crippen MR) is 101 cm³/mol. The molecule has 0 radical (unpaired) electrons. The minimum Gasteiger partial charge on any atom is -0.494 e. The summed E-state index contributed by atoms with van der Waals surface area (Å²) in [5.41, 5.74) is 1.73. The number of hydrogen-bond donors (Lipinski definition) is 2. The van der Waals surface area contributed by atoms with Crippen molar-refractivity contribution in [1.29, 1.82) is 0 Å². The molecule has 0 saturated heterocycles. The molecule has 0 atom stereocenters. The van der Waals surface area contributed by atoms with Crippen LogP contribution in [-0.4, -0.2) is 30.7 Å². The van der Waals surface area contributed by atoms with E-state index in [9.17, 15) is 4.79 Å². The molecule has 1 aromatic carbocycles. The molecule has 0 aliphatic rings. The molecule has 1 heterocycles. The Hall–Kier alpha value is -2.76. The number of rotatable bonds is 8. The van der Waals surface area contributed by atoms with Gasteiger partial charge in [0.15, 0.2) is 0 Å². The number of nitrogens with zero attached hydrogens (tertiary/aromatic N) is 2. The number of nitrogens with one attached hydrogen (secondary N) is 2. The highest BCUT2D eigenvalue weighted by molar-refractivity contribution is 5.89. The molecule has 134 valence electrons. The van der Waals surface area contributed by atoms with Crippen molar-refractivity contribution in [2.24, 2.45) is 0 Å². The van der Waals surface area contributed by atoms with Crippen LogP contribution in [-0.2, 0) is 6.54 Å². The summed E-state index contributed by atoms with van der Waals surface area (Å²) in [4.78, 5) is 18.6. The molecule has 0 spiro atoms. The highest BCUT2D eigenvalue weighted by Gasteiger charge is 2.06. The van der Waals surface area contributed by atoms with Gasteiger partial charge in [-0.1, -0.05) is 0 Å². The van der Waals surface area contributed by atoms with Crippen molar-refractivity contribution in [1.82, 2.24) is 10.3 Å². The summed E-state index contributed by atoms with van der Waals surface area (Å²) in [6, 6.07) is 11.0. The number of aromatic nitrogens is 1. The third-order valence-electron chi connectivity index (χ3n) is 3.77. The van der Waals surface area contributed by atoms with E-state index in [2.05, 4.69) is 34.4 Å². The smallest absolute Gasteiger partial charge is 0.319 e. The highest BCUT2D eigenvalue weighted by atomic mass is 16.5. The van der Waals surface area contributed by atoms with Gasteiger partial charge in [0.2, 0.25) is 0 Å². The first-order chi connectivity index (χ1) is 12.2. The lowest BCUT2D eigenvalue weighted by Crippen LogP contribution is -2.28. The van der Waals surface area contributed by atoms with Crippen LogP contribution in [0.5, 0.6) is 5.75 Å². The van der Waals surface area contributed by atoms with Crippen LogP contribution in [0.2, 0.25) is 0 Å². The van der Waals surface area contributed by atoms with Gasteiger partial charge in [0, 0.05) is 31.5 Å². The fourth-order valence-corrected chi connectivity index (χ4v) is 2.45. The number of benzene rings is 1. The maximum atomic E-state index is 12.0. The van der Waals surface area contributed by atoms with Crippen LogP contribution < -0.4 is 20.3 Å². The molecule has 2 amide bonds. The number of carbonyl (C=O) groups is 1. The van der Waals surface area contributed by atoms with Gasteiger partial charge in [-0.25, -0.2) is 9.78 Å². The molecule has 6 nitrogen and oxygen atoms in total. The monoisotopic (exact) mass is 342 g/mol. The largest absolute Gasteiger partial charge is 0.494 e. The number of hydrogen-bond acceptors (Lipinski definition) is 4. The number of pyridine rings is 1. The molecule has 2 aromatic rings. The fraction of sp³-hybridized carbons (Fsp3) is 0.368. The molecule has 0 bridgehead atoms. The maximum Gasteiger partial charge on any atom is 0.319 e. The standard InChI is InChI=1S/C19H26N4O2/c1-4-23(5-2)18-13-15(11-12-20-18)14-21-19(24)22-16-7-9-17(10-8-16)25-6-3/h7-13H,4-6,14H2,1-3H3,(H2,21,22,24). The van der Waals surface area contributed by atoms with Gasteiger partial charge in [0.25, 0.3) is 0 Å². The van der Waals surface area contributed by atoms with Crippen molar-refractivity contribution in [3.8, 4) is 5.75 Å². The van der Waals surface area contributed by atoms with Gasteiger partial charge in [-0.2, -0.15) is 0 Å². The minimum absolute atomic E-state index is 0.245. The first-order valence-electron chi connectivity index (χ1n) is 8.63. The fourth-order valence-electron chi connectivity index (χ4n) is 2.45. The van der Waals surface area contributed by atoms with Crippen molar-refractivity contribution in [2.45, 2.75) is 27.3 Å². The Morgan fingerprint density at radius 2 is 1.84 bits per heavy atom. The van der Waals surface area contributed by atoms with Crippen LogP contribution in [0.1, 0.15) is 26.3 Å². The molecular weight excluding hydrogens is 316 g/mol. The molecule has 25 heavy (non-hydrogen) atoms. The zero-order valence-electron chi connectivity index (χ0n) is 15.1. The first kappa shape index (κ1) is 18.6. The lowest BCUT2D eigenvalue weighted by molar-refractivity contribution is 0.251. The topological polar surface area (TPSA) is 66.5 Å². The predicted octanol–water partition coefficient (Wildman–Crippen LogP) is 3.65. The molecule has 1 aromatic heterocycles. The summed E-state index contributed by atoms with van der Waals surface area (Å²) in [5, 5.41) is 5.67. The van der Waals surface area contributed by atoms with Gasteiger partial charge < -0.3 is 20.3 Å². The van der Waals surface area contributed by atoms with E-state index in [-0.39, 0.29) is 6.03 Å². The Morgan fingerprint density at radius 3 is 2.48 bits per heavy atom. The third kappa shape index (κ3) is 5.67. The van der Waals surface area contributed by atoms with E-state index in [0.717, 1.165) is 35.9 Å². The van der Waals surface area contributed by atoms with Crippen molar-refractivity contribution < 1.29 is 9.53 Å². The van der Waals surface area contributed by atoms with Gasteiger partial charge in [-0.15, -0.1) is 0 Å². The van der Waals surface area contributed by atoms with E-state index >= 15 is 0 Å². The Morgan fingerprint density at radius 1 is 1.12 bits per heavy atom. The lowest BCUT2D eigenvalue weighted by Gasteiger charge is -2.20. The average Bonchev–Trinajstić information content (AvgIpc) is 2.63. The van der Waals surface area contributed by atoms with Crippen LogP contribution in [0.25, 0.3) is 0 Å². The van der Waals surface area contributed by atoms with E-state index in [1.807, 2.05) is 43.3 Å². The zero-order chi connectivity index (χ0) is 18.1. The van der Waals surface area contributed by atoms with Gasteiger partial charge in [-0.3, -0.25) is 0 Å². The SMILES string of the molecule is CCOc1ccc(NC(=O)NCc2ccnc(N(CC)CC)c2)cc1. The molecular formula is C19H26N4O2. The Balaban J connectivity index is 1.88. The molecule has 6 heteroatoms. The van der Waals surface area contributed by atoms with Crippen LogP contribution in [0.4, 0.5) is 16.3 Å². The average molecular weight is 342 g/mol. The number of anilines is 2. The normalized spacial score (nSPS) is 10.2. The molecule has 0 aliphatic carbocycles. The Labute approximate surface area is 149 Å². The second-order valence-electron chi connectivity index (χ2n) is 5.46. The van der Waals surface area contributed by atoms with Crippen LogP contribution in [0.3, 0.4) is 0 Å². The second kappa shape index (κ2) is 9.52. The summed E-state index contributed by atoms with van der Waals surface area (Å²) in [6.45, 7) is 9.00. The van der Waals surface area contributed by atoms with Crippen molar-refractivity contribution in [3.63, 3.8) is 0 Å². The van der Waals surface area contributed by atoms with E-state index in [1.54, 1.807) is 6.20 Å². The molecule has 2 N–H and O–H groups in total. The summed E-state index contributed by atoms with van der Waals surface area (Å²) in [6.07, 6.45) is 1.77. The molecule has 0 saturated carbocycles. The maximum absolute atomic E-state index is 12.0. The molecule has 0 fully saturated rings. The zero-order valence-corrected chi connectivity index (χ0v) is 15.1. The molecule has 0 aliphatic heterocycles. The van der Waals surface area contributed by atoms with Gasteiger partial charge in [-0.05, 0) is 62.7 Å². The number of carbonyl (C=O) groups excluding carboxylic acids is 1. The van der Waals surface area contributed by atoms with E-state index in [1.165, 1.54) is 0 Å². The summed E-state index contributed by atoms with van der Waals surface area (Å²) < 4.78 is 5.38. The van der Waals surface area contributed by atoms with E-state index < -0.39 is 0 Å². The van der Waals surface area contributed by atoms with Crippen molar-refractivity contribution >= 4 is 17.5 Å². The third-order valence-corrected chi connectivity index (χ3v) is 3.77. The lowest BCUT2D eigenvalue weighted by atomic mass is 10.2. The van der Waals surface area contributed by atoms with Crippen molar-refractivity contribution in [3.05, 3.63) is 48.2 Å². The summed E-state index contributed by atoms with van der Waals surface area (Å²) in [7, 11) is 0. The number of urea groups is 1. The highest BCUT2D eigenvalue weighted by Crippen LogP contribution is 2.16. The first-order valence-corrected chi connectivity index (χ1v) is 8.63. The van der Waals surface area contributed by atoms with E-state index in [4.69, 9.17) is 4.74 Å². The Bertz CT molecular complexity index is 669. The van der Waals surface area contributed by atoms with Crippen molar-refractivity contribution in [2.75, 3.05) is 29.9 Å². The summed E-state index contributed by atoms with van der Waals surface area (Å²) in [5.74, 6) is 1.71. The van der Waals surface area contributed by atoms with E-state index in [0.29, 0.717) is 13.2 Å². The minimum atomic E-state index is -0.245. The summed E-state index contributed by atoms with van der Waals surface area (Å²) >= 11 is 0. The number of ether oxygens (including phenoxy) is 1. The van der Waals surface area contributed by atoms with Gasteiger partial charge in [0.05, 0.1) is 6.61 Å². The second-order valence-corrected chi connectivity index (χ2v) is 5.46. The quantitative estimate of drug-likeness (QED) is 0.768.